The second-order valence-corrected chi connectivity index (χ2v) is 7.76. The van der Waals surface area contributed by atoms with Crippen LogP contribution in [-0.2, 0) is 6.18 Å². The van der Waals surface area contributed by atoms with Gasteiger partial charge in [-0.1, -0.05) is 6.92 Å². The molecular formula is C24H23F4N5. The fourth-order valence-electron chi connectivity index (χ4n) is 3.92. The minimum atomic E-state index is -4.68. The van der Waals surface area contributed by atoms with E-state index in [0.717, 1.165) is 31.1 Å². The summed E-state index contributed by atoms with van der Waals surface area (Å²) >= 11 is 0. The Morgan fingerprint density at radius 3 is 2.48 bits per heavy atom. The first kappa shape index (κ1) is 22.8. The molecule has 3 heterocycles. The Morgan fingerprint density at radius 2 is 1.82 bits per heavy atom. The van der Waals surface area contributed by atoms with Gasteiger partial charge in [-0.3, -0.25) is 4.40 Å². The lowest BCUT2D eigenvalue weighted by molar-refractivity contribution is -0.144. The molecule has 0 saturated heterocycles. The summed E-state index contributed by atoms with van der Waals surface area (Å²) in [5.41, 5.74) is 3.14. The van der Waals surface area contributed by atoms with E-state index in [-0.39, 0.29) is 5.69 Å². The number of alkyl halides is 3. The van der Waals surface area contributed by atoms with Gasteiger partial charge in [-0.2, -0.15) is 13.2 Å². The quantitative estimate of drug-likeness (QED) is 0.361. The van der Waals surface area contributed by atoms with Gasteiger partial charge in [-0.15, -0.1) is 0 Å². The van der Waals surface area contributed by atoms with E-state index in [1.54, 1.807) is 22.7 Å². The summed E-state index contributed by atoms with van der Waals surface area (Å²) < 4.78 is 55.1. The fraction of sp³-hybridized carbons (Fsp3) is 0.292. The Kier molecular flexibility index (Phi) is 6.42. The molecule has 0 fully saturated rings. The Balaban J connectivity index is 1.91. The average molecular weight is 457 g/mol. The third-order valence-corrected chi connectivity index (χ3v) is 5.63. The van der Waals surface area contributed by atoms with E-state index in [1.165, 1.54) is 18.2 Å². The number of imidazole rings is 1. The zero-order valence-electron chi connectivity index (χ0n) is 18.2. The number of halogens is 4. The molecule has 5 nitrogen and oxygen atoms in total. The molecule has 9 heteroatoms. The second-order valence-electron chi connectivity index (χ2n) is 7.76. The predicted molar refractivity (Wildman–Crippen MR) is 118 cm³/mol. The number of hydrogen-bond acceptors (Lipinski definition) is 4. The van der Waals surface area contributed by atoms with Crippen molar-refractivity contribution in [2.45, 2.75) is 31.9 Å². The summed E-state index contributed by atoms with van der Waals surface area (Å²) in [5, 5.41) is 3.16. The molecule has 0 aliphatic heterocycles. The maximum atomic E-state index is 13.5. The highest BCUT2D eigenvalue weighted by Gasteiger charge is 2.35. The van der Waals surface area contributed by atoms with Gasteiger partial charge in [-0.05, 0) is 80.4 Å². The van der Waals surface area contributed by atoms with Gasteiger partial charge in [0.05, 0.1) is 17.1 Å². The average Bonchev–Trinajstić information content (AvgIpc) is 3.18. The van der Waals surface area contributed by atoms with Crippen molar-refractivity contribution in [3.8, 4) is 22.6 Å². The molecule has 1 atom stereocenters. The number of benzene rings is 1. The largest absolute Gasteiger partial charge is 0.451 e. The number of aromatic nitrogens is 4. The van der Waals surface area contributed by atoms with Gasteiger partial charge in [0.1, 0.15) is 11.5 Å². The lowest BCUT2D eigenvalue weighted by atomic mass is 9.94. The normalized spacial score (nSPS) is 12.9. The van der Waals surface area contributed by atoms with E-state index in [2.05, 4.69) is 22.2 Å². The third kappa shape index (κ3) is 4.73. The van der Waals surface area contributed by atoms with Crippen molar-refractivity contribution in [2.75, 3.05) is 13.6 Å². The zero-order valence-corrected chi connectivity index (χ0v) is 18.2. The van der Waals surface area contributed by atoms with Gasteiger partial charge in [0.25, 0.3) is 0 Å². The summed E-state index contributed by atoms with van der Waals surface area (Å²) in [4.78, 5) is 11.9. The van der Waals surface area contributed by atoms with E-state index >= 15 is 0 Å². The van der Waals surface area contributed by atoms with Crippen LogP contribution in [0.4, 0.5) is 17.6 Å². The van der Waals surface area contributed by atoms with E-state index in [9.17, 15) is 17.6 Å². The highest BCUT2D eigenvalue weighted by molar-refractivity contribution is 5.80. The molecule has 0 radical (unpaired) electrons. The Bertz CT molecular complexity index is 1250. The van der Waals surface area contributed by atoms with Crippen molar-refractivity contribution in [2.24, 2.45) is 0 Å². The van der Waals surface area contributed by atoms with Crippen LogP contribution in [0.3, 0.4) is 0 Å². The molecule has 4 aromatic rings. The highest BCUT2D eigenvalue weighted by atomic mass is 19.4. The summed E-state index contributed by atoms with van der Waals surface area (Å²) in [6, 6.07) is 11.0. The summed E-state index contributed by atoms with van der Waals surface area (Å²) in [7, 11) is 1.91. The minimum Gasteiger partial charge on any atom is -0.320 e. The van der Waals surface area contributed by atoms with Crippen molar-refractivity contribution < 1.29 is 17.6 Å². The van der Waals surface area contributed by atoms with E-state index in [4.69, 9.17) is 4.98 Å². The SMILES string of the molecule is CCC(CCNC)c1ccn2c(-c3ccnc(C(F)(F)F)n3)c(-c3ccc(F)cc3)nc2c1. The van der Waals surface area contributed by atoms with Crippen LogP contribution in [0.2, 0.25) is 0 Å². The summed E-state index contributed by atoms with van der Waals surface area (Å²) in [6.07, 6.45) is 0.0938. The maximum absolute atomic E-state index is 13.5. The smallest absolute Gasteiger partial charge is 0.320 e. The number of hydrogen-bond donors (Lipinski definition) is 1. The van der Waals surface area contributed by atoms with E-state index < -0.39 is 17.8 Å². The van der Waals surface area contributed by atoms with Crippen LogP contribution in [0.15, 0.2) is 54.9 Å². The molecule has 0 aliphatic carbocycles. The van der Waals surface area contributed by atoms with Gasteiger partial charge in [-0.25, -0.2) is 19.3 Å². The molecule has 0 saturated carbocycles. The monoisotopic (exact) mass is 457 g/mol. The van der Waals surface area contributed by atoms with Gasteiger partial charge < -0.3 is 5.32 Å². The molecule has 4 rings (SSSR count). The van der Waals surface area contributed by atoms with Crippen LogP contribution in [0, 0.1) is 5.82 Å². The highest BCUT2D eigenvalue weighted by Crippen LogP contribution is 2.35. The number of nitrogens with zero attached hydrogens (tertiary/aromatic N) is 4. The molecule has 0 aliphatic rings. The van der Waals surface area contributed by atoms with Crippen LogP contribution >= 0.6 is 0 Å². The molecule has 1 unspecified atom stereocenters. The van der Waals surface area contributed by atoms with Crippen molar-refractivity contribution in [1.29, 1.82) is 0 Å². The van der Waals surface area contributed by atoms with Crippen LogP contribution < -0.4 is 5.32 Å². The van der Waals surface area contributed by atoms with Crippen LogP contribution in [0.5, 0.6) is 0 Å². The lowest BCUT2D eigenvalue weighted by Crippen LogP contribution is -2.12. The Morgan fingerprint density at radius 1 is 1.06 bits per heavy atom. The minimum absolute atomic E-state index is 0.0825. The van der Waals surface area contributed by atoms with Crippen LogP contribution in [0.1, 0.15) is 37.1 Å². The number of rotatable bonds is 7. The molecule has 3 aromatic heterocycles. The summed E-state index contributed by atoms with van der Waals surface area (Å²) in [6.45, 7) is 2.98. The van der Waals surface area contributed by atoms with Gasteiger partial charge in [0, 0.05) is 18.0 Å². The first-order valence-corrected chi connectivity index (χ1v) is 10.6. The molecular weight excluding hydrogens is 434 g/mol. The number of nitrogens with one attached hydrogen (secondary N) is 1. The number of fused-ring (bicyclic) bond motifs is 1. The van der Waals surface area contributed by atoms with Gasteiger partial charge in [0.2, 0.25) is 5.82 Å². The second kappa shape index (κ2) is 9.27. The van der Waals surface area contributed by atoms with Crippen molar-refractivity contribution in [1.82, 2.24) is 24.7 Å². The van der Waals surface area contributed by atoms with Gasteiger partial charge >= 0.3 is 6.18 Å². The molecule has 1 aromatic carbocycles. The van der Waals surface area contributed by atoms with Crippen molar-refractivity contribution in [3.05, 3.63) is 72.1 Å². The van der Waals surface area contributed by atoms with E-state index in [1.807, 2.05) is 19.2 Å². The summed E-state index contributed by atoms with van der Waals surface area (Å²) in [5.74, 6) is -1.33. The topological polar surface area (TPSA) is 55.1 Å². The number of pyridine rings is 1. The molecule has 33 heavy (non-hydrogen) atoms. The fourth-order valence-corrected chi connectivity index (χ4v) is 3.92. The van der Waals surface area contributed by atoms with Crippen molar-refractivity contribution >= 4 is 5.65 Å². The van der Waals surface area contributed by atoms with Crippen LogP contribution in [0.25, 0.3) is 28.3 Å². The molecule has 0 spiro atoms. The maximum Gasteiger partial charge on any atom is 0.451 e. The Labute approximate surface area is 188 Å². The van der Waals surface area contributed by atoms with E-state index in [0.29, 0.717) is 28.5 Å². The molecule has 0 bridgehead atoms. The standard InChI is InChI=1S/C24H23F4N5/c1-3-15(8-11-29-2)17-10-13-33-20(14-17)32-21(16-4-6-18(25)7-5-16)22(33)19-9-12-30-23(31-19)24(26,27)28/h4-7,9-10,12-15,29H,3,8,11H2,1-2H3. The Hall–Kier alpha value is -3.33. The predicted octanol–water partition coefficient (Wildman–Crippen LogP) is 5.72. The molecule has 172 valence electrons. The zero-order chi connectivity index (χ0) is 23.6. The molecule has 0 amide bonds. The van der Waals surface area contributed by atoms with Crippen LogP contribution in [-0.4, -0.2) is 32.9 Å². The first-order valence-electron chi connectivity index (χ1n) is 10.6. The lowest BCUT2D eigenvalue weighted by Gasteiger charge is -2.15. The van der Waals surface area contributed by atoms with Gasteiger partial charge in [0.15, 0.2) is 0 Å². The first-order chi connectivity index (χ1) is 15.8. The van der Waals surface area contributed by atoms with Crippen molar-refractivity contribution in [3.63, 3.8) is 0 Å². The third-order valence-electron chi connectivity index (χ3n) is 5.63. The molecule has 1 N–H and O–H groups in total.